The molecule has 1 atom stereocenters. The van der Waals surface area contributed by atoms with Gasteiger partial charge in [-0.05, 0) is 12.1 Å². The number of benzene rings is 1. The fraction of sp³-hybridized carbons (Fsp3) is 0.500. The number of quaternary nitrogens is 1. The second kappa shape index (κ2) is 7.12. The highest BCUT2D eigenvalue weighted by molar-refractivity contribution is 7.54. The number of alkyl halides is 1. The predicted octanol–water partition coefficient (Wildman–Crippen LogP) is -0.687. The predicted molar refractivity (Wildman–Crippen MR) is 77.1 cm³/mol. The Morgan fingerprint density at radius 2 is 2.05 bits per heavy atom. The number of nitrogens with zero attached hydrogens (tertiary/aromatic N) is 2. The van der Waals surface area contributed by atoms with Gasteiger partial charge in [0.05, 0.1) is 20.6 Å². The van der Waals surface area contributed by atoms with Crippen molar-refractivity contribution in [2.45, 2.75) is 0 Å². The molecule has 1 aliphatic rings. The highest BCUT2D eigenvalue weighted by atomic mass is 35.5. The minimum absolute atomic E-state index is 0. The van der Waals surface area contributed by atoms with Gasteiger partial charge in [0.1, 0.15) is 12.3 Å². The molecule has 1 aliphatic heterocycles. The van der Waals surface area contributed by atoms with Crippen molar-refractivity contribution in [1.29, 1.82) is 0 Å². The van der Waals surface area contributed by atoms with Gasteiger partial charge in [-0.15, -0.1) is 11.6 Å². The first-order valence-electron chi connectivity index (χ1n) is 6.24. The molecule has 0 aromatic heterocycles. The van der Waals surface area contributed by atoms with E-state index in [1.165, 1.54) is 0 Å². The van der Waals surface area contributed by atoms with E-state index in [2.05, 4.69) is 5.20 Å². The van der Waals surface area contributed by atoms with E-state index in [9.17, 15) is 4.57 Å². The van der Waals surface area contributed by atoms with E-state index in [4.69, 9.17) is 16.1 Å². The van der Waals surface area contributed by atoms with Crippen LogP contribution in [-0.2, 0) is 4.57 Å². The van der Waals surface area contributed by atoms with Crippen molar-refractivity contribution in [2.75, 3.05) is 39.6 Å². The van der Waals surface area contributed by atoms with Gasteiger partial charge in [-0.1, -0.05) is 23.4 Å². The van der Waals surface area contributed by atoms with Gasteiger partial charge in [0.25, 0.3) is 0 Å². The first-order valence-corrected chi connectivity index (χ1v) is 8.35. The molecule has 1 saturated heterocycles. The van der Waals surface area contributed by atoms with Gasteiger partial charge in [0, 0.05) is 12.4 Å². The van der Waals surface area contributed by atoms with Crippen LogP contribution in [0.4, 0.5) is 0 Å². The van der Waals surface area contributed by atoms with Crippen LogP contribution in [0.3, 0.4) is 0 Å². The maximum atomic E-state index is 13.1. The molecule has 0 spiro atoms. The molecule has 0 radical (unpaired) electrons. The summed E-state index contributed by atoms with van der Waals surface area (Å²) in [7, 11) is 0.830. The minimum Gasteiger partial charge on any atom is -1.00 e. The summed E-state index contributed by atoms with van der Waals surface area (Å²) in [6, 6.07) is 9.21. The van der Waals surface area contributed by atoms with Gasteiger partial charge in [-0.25, -0.2) is 9.16 Å². The summed E-state index contributed by atoms with van der Waals surface area (Å²) < 4.78 is 21.1. The van der Waals surface area contributed by atoms with Crippen LogP contribution in [0.2, 0.25) is 0 Å². The summed E-state index contributed by atoms with van der Waals surface area (Å²) in [6.45, 7) is 2.08. The first-order chi connectivity index (χ1) is 8.95. The Kier molecular flexibility index (Phi) is 6.32. The van der Waals surface area contributed by atoms with E-state index < -0.39 is 7.67 Å². The summed E-state index contributed by atoms with van der Waals surface area (Å²) in [5.41, 5.74) is 0. The van der Waals surface area contributed by atoms with E-state index >= 15 is 0 Å². The molecule has 20 heavy (non-hydrogen) atoms. The van der Waals surface area contributed by atoms with Crippen LogP contribution in [0, 0.1) is 0 Å². The van der Waals surface area contributed by atoms with Crippen molar-refractivity contribution in [3.63, 3.8) is 0 Å². The van der Waals surface area contributed by atoms with Crippen LogP contribution >= 0.6 is 19.3 Å². The maximum absolute atomic E-state index is 13.1. The number of rotatable bonds is 4. The number of nitrogens with one attached hydrogen (secondary N) is 1. The van der Waals surface area contributed by atoms with Gasteiger partial charge >= 0.3 is 7.67 Å². The van der Waals surface area contributed by atoms with Crippen LogP contribution in [0.5, 0.6) is 5.75 Å². The largest absolute Gasteiger partial charge is 1.00 e. The molecule has 1 aromatic carbocycles. The number of hydrogen-bond acceptors (Lipinski definition) is 2. The molecule has 1 fully saturated rings. The fourth-order valence-corrected chi connectivity index (χ4v) is 4.51. The molecular weight excluding hydrogens is 320 g/mol. The normalized spacial score (nSPS) is 25.8. The highest BCUT2D eigenvalue weighted by Crippen LogP contribution is 2.49. The molecule has 1 unspecified atom stereocenters. The Balaban J connectivity index is 0.00000200. The van der Waals surface area contributed by atoms with E-state index in [1.54, 1.807) is 16.8 Å². The second-order valence-electron chi connectivity index (χ2n) is 5.08. The van der Waals surface area contributed by atoms with Crippen molar-refractivity contribution in [3.05, 3.63) is 30.3 Å². The quantitative estimate of drug-likeness (QED) is 0.448. The van der Waals surface area contributed by atoms with E-state index in [0.717, 1.165) is 6.54 Å². The SMILES string of the molecule is C[N+]1(C)CCN(CCCl)P(=O)(Oc2ccccc2)N1.[Cl-]. The van der Waals surface area contributed by atoms with Gasteiger partial charge in [0.15, 0.2) is 0 Å². The van der Waals surface area contributed by atoms with Crippen LogP contribution in [0.15, 0.2) is 30.3 Å². The van der Waals surface area contributed by atoms with Crippen LogP contribution in [0.1, 0.15) is 0 Å². The van der Waals surface area contributed by atoms with Gasteiger partial charge in [0.2, 0.25) is 0 Å². The molecule has 0 aliphatic carbocycles. The molecule has 0 saturated carbocycles. The van der Waals surface area contributed by atoms with Crippen molar-refractivity contribution < 1.29 is 26.1 Å². The summed E-state index contributed by atoms with van der Waals surface area (Å²) in [5.74, 6) is 1.02. The van der Waals surface area contributed by atoms with Crippen LogP contribution in [-0.4, -0.2) is 48.9 Å². The molecule has 1 heterocycles. The molecule has 0 bridgehead atoms. The molecular formula is C12H20Cl2N3O2P. The summed E-state index contributed by atoms with van der Waals surface area (Å²) in [4.78, 5) is 0. The Hall–Kier alpha value is -0.290. The lowest BCUT2D eigenvalue weighted by atomic mass is 10.3. The zero-order chi connectivity index (χ0) is 13.9. The lowest BCUT2D eigenvalue weighted by Gasteiger charge is -2.42. The third-order valence-corrected chi connectivity index (χ3v) is 5.57. The summed E-state index contributed by atoms with van der Waals surface area (Å²) in [6.07, 6.45) is 0. The van der Waals surface area contributed by atoms with Crippen molar-refractivity contribution >= 4 is 19.3 Å². The molecule has 0 amide bonds. The average Bonchev–Trinajstić information content (AvgIpc) is 2.33. The minimum atomic E-state index is -3.11. The van der Waals surface area contributed by atoms with E-state index in [0.29, 0.717) is 29.3 Å². The zero-order valence-corrected chi connectivity index (χ0v) is 14.0. The third kappa shape index (κ3) is 4.35. The molecule has 114 valence electrons. The topological polar surface area (TPSA) is 41.6 Å². The van der Waals surface area contributed by atoms with E-state index in [-0.39, 0.29) is 12.4 Å². The zero-order valence-electron chi connectivity index (χ0n) is 11.6. The Labute approximate surface area is 131 Å². The van der Waals surface area contributed by atoms with Crippen molar-refractivity contribution in [1.82, 2.24) is 9.87 Å². The average molecular weight is 340 g/mol. The highest BCUT2D eigenvalue weighted by Gasteiger charge is 2.44. The number of hydrogen-bond donors (Lipinski definition) is 1. The molecule has 2 rings (SSSR count). The van der Waals surface area contributed by atoms with Crippen molar-refractivity contribution in [2.24, 2.45) is 0 Å². The third-order valence-electron chi connectivity index (χ3n) is 3.00. The molecule has 8 heteroatoms. The Bertz CT molecular complexity index is 473. The monoisotopic (exact) mass is 339 g/mol. The number of likely N-dealkylation sites (N-methyl/N-ethyl adjacent to an activating group) is 1. The van der Waals surface area contributed by atoms with Gasteiger partial charge in [-0.3, -0.25) is 0 Å². The Morgan fingerprint density at radius 1 is 1.40 bits per heavy atom. The van der Waals surface area contributed by atoms with Crippen molar-refractivity contribution in [3.8, 4) is 5.75 Å². The fourth-order valence-electron chi connectivity index (χ4n) is 2.00. The molecule has 1 N–H and O–H groups in total. The van der Waals surface area contributed by atoms with Crippen LogP contribution in [0.25, 0.3) is 0 Å². The second-order valence-corrected chi connectivity index (χ2v) is 7.44. The lowest BCUT2D eigenvalue weighted by Crippen LogP contribution is -3.00. The standard InChI is InChI=1S/C12H20ClN3O2P.ClH/c1-16(2)11-10-15(9-8-13)19(17,14-16)18-12-6-4-3-5-7-12;/h3-7H,8-11H2,1-2H3,(H,14,17);1H/q+1;/p-1. The number of para-hydroxylation sites is 1. The summed E-state index contributed by atoms with van der Waals surface area (Å²) in [5, 5.41) is 3.09. The summed E-state index contributed by atoms with van der Waals surface area (Å²) >= 11 is 5.78. The molecule has 1 aromatic rings. The molecule has 5 nitrogen and oxygen atoms in total. The first kappa shape index (κ1) is 17.8. The van der Waals surface area contributed by atoms with Gasteiger partial charge in [-0.2, -0.15) is 4.67 Å². The van der Waals surface area contributed by atoms with E-state index in [1.807, 2.05) is 32.3 Å². The Morgan fingerprint density at radius 3 is 2.65 bits per heavy atom. The lowest BCUT2D eigenvalue weighted by molar-refractivity contribution is -0.923. The maximum Gasteiger partial charge on any atom is 0.437 e. The number of halogens is 2. The van der Waals surface area contributed by atoms with Gasteiger partial charge < -0.3 is 16.9 Å². The smallest absolute Gasteiger partial charge is 0.437 e. The van der Waals surface area contributed by atoms with Crippen LogP contribution < -0.4 is 22.1 Å².